The third kappa shape index (κ3) is 9.47. The van der Waals surface area contributed by atoms with Crippen LogP contribution in [0, 0.1) is 11.8 Å². The summed E-state index contributed by atoms with van der Waals surface area (Å²) in [6.07, 6.45) is 15.2. The Morgan fingerprint density at radius 2 is 1.29 bits per heavy atom. The van der Waals surface area contributed by atoms with Gasteiger partial charge in [-0.3, -0.25) is 0 Å². The van der Waals surface area contributed by atoms with Crippen LogP contribution >= 0.6 is 0 Å². The van der Waals surface area contributed by atoms with Crippen molar-refractivity contribution in [2.45, 2.75) is 85.5 Å². The molecule has 3 nitrogen and oxygen atoms in total. The van der Waals surface area contributed by atoms with E-state index in [1.807, 2.05) is 12.4 Å². The number of rotatable bonds is 15. The van der Waals surface area contributed by atoms with Crippen molar-refractivity contribution in [2.75, 3.05) is 6.61 Å². The zero-order valence-electron chi connectivity index (χ0n) is 22.3. The van der Waals surface area contributed by atoms with E-state index in [0.717, 1.165) is 42.5 Å². The van der Waals surface area contributed by atoms with Crippen LogP contribution in [0.2, 0.25) is 0 Å². The van der Waals surface area contributed by atoms with Gasteiger partial charge in [0.05, 0.1) is 6.61 Å². The summed E-state index contributed by atoms with van der Waals surface area (Å²) in [7, 11) is 0. The average Bonchev–Trinajstić information content (AvgIpc) is 2.87. The Kier molecular flexibility index (Phi) is 11.3. The summed E-state index contributed by atoms with van der Waals surface area (Å²) >= 11 is 0. The van der Waals surface area contributed by atoms with Crippen LogP contribution in [0.5, 0.6) is 5.75 Å². The maximum absolute atomic E-state index is 5.90. The van der Waals surface area contributed by atoms with Gasteiger partial charge in [0.1, 0.15) is 5.75 Å². The van der Waals surface area contributed by atoms with Gasteiger partial charge in [0.2, 0.25) is 0 Å². The summed E-state index contributed by atoms with van der Waals surface area (Å²) < 4.78 is 5.90. The number of hydrogen-bond donors (Lipinski definition) is 0. The Morgan fingerprint density at radius 3 is 1.91 bits per heavy atom. The zero-order chi connectivity index (χ0) is 24.9. The van der Waals surface area contributed by atoms with Gasteiger partial charge in [0, 0.05) is 18.0 Å². The molecule has 35 heavy (non-hydrogen) atoms. The number of nitrogens with zero attached hydrogens (tertiary/aromatic N) is 2. The van der Waals surface area contributed by atoms with Gasteiger partial charge in [0.15, 0.2) is 5.82 Å². The van der Waals surface area contributed by atoms with E-state index in [-0.39, 0.29) is 0 Å². The lowest BCUT2D eigenvalue weighted by Crippen LogP contribution is -2.02. The van der Waals surface area contributed by atoms with E-state index in [4.69, 9.17) is 4.74 Å². The molecular formula is C32H44N2O. The Balaban J connectivity index is 1.49. The van der Waals surface area contributed by atoms with E-state index >= 15 is 0 Å². The molecule has 0 saturated carbocycles. The second-order valence-corrected chi connectivity index (χ2v) is 10.4. The molecule has 3 aromatic rings. The second-order valence-electron chi connectivity index (χ2n) is 10.4. The fraction of sp³-hybridized carbons (Fsp3) is 0.500. The molecule has 0 aliphatic heterocycles. The van der Waals surface area contributed by atoms with Gasteiger partial charge in [-0.25, -0.2) is 9.97 Å². The highest BCUT2D eigenvalue weighted by Crippen LogP contribution is 2.25. The van der Waals surface area contributed by atoms with Crippen molar-refractivity contribution < 1.29 is 4.74 Å². The van der Waals surface area contributed by atoms with Crippen LogP contribution in [0.3, 0.4) is 0 Å². The van der Waals surface area contributed by atoms with Crippen molar-refractivity contribution in [1.29, 1.82) is 0 Å². The van der Waals surface area contributed by atoms with E-state index in [1.54, 1.807) is 0 Å². The summed E-state index contributed by atoms with van der Waals surface area (Å²) in [6, 6.07) is 16.9. The number of ether oxygens (including phenoxy) is 1. The normalized spacial score (nSPS) is 12.1. The van der Waals surface area contributed by atoms with Crippen molar-refractivity contribution >= 4 is 0 Å². The Hall–Kier alpha value is -2.68. The van der Waals surface area contributed by atoms with Crippen LogP contribution in [-0.2, 0) is 6.42 Å². The Bertz CT molecular complexity index is 962. The molecule has 0 spiro atoms. The maximum Gasteiger partial charge on any atom is 0.159 e. The topological polar surface area (TPSA) is 35.0 Å². The molecule has 0 saturated heterocycles. The van der Waals surface area contributed by atoms with Crippen LogP contribution in [0.1, 0.15) is 84.6 Å². The molecule has 0 radical (unpaired) electrons. The molecule has 0 amide bonds. The summed E-state index contributed by atoms with van der Waals surface area (Å²) in [5.41, 5.74) is 4.65. The lowest BCUT2D eigenvalue weighted by molar-refractivity contribution is 0.304. The van der Waals surface area contributed by atoms with Gasteiger partial charge in [0.25, 0.3) is 0 Å². The summed E-state index contributed by atoms with van der Waals surface area (Å²) in [6.45, 7) is 9.97. The molecule has 2 aromatic carbocycles. The smallest absolute Gasteiger partial charge is 0.159 e. The van der Waals surface area contributed by atoms with E-state index in [0.29, 0.717) is 5.92 Å². The molecule has 1 atom stereocenters. The first-order chi connectivity index (χ1) is 17.0. The maximum atomic E-state index is 5.90. The average molecular weight is 473 g/mol. The molecule has 188 valence electrons. The lowest BCUT2D eigenvalue weighted by atomic mass is 9.95. The molecule has 0 bridgehead atoms. The molecular weight excluding hydrogens is 428 g/mol. The second kappa shape index (κ2) is 14.7. The highest BCUT2D eigenvalue weighted by molar-refractivity contribution is 5.68. The molecule has 3 heteroatoms. The minimum atomic E-state index is 0.671. The Morgan fingerprint density at radius 1 is 0.686 bits per heavy atom. The van der Waals surface area contributed by atoms with Crippen LogP contribution in [0.25, 0.3) is 22.5 Å². The molecule has 1 unspecified atom stereocenters. The van der Waals surface area contributed by atoms with Crippen molar-refractivity contribution in [1.82, 2.24) is 9.97 Å². The third-order valence-corrected chi connectivity index (χ3v) is 6.62. The Labute approximate surface area is 213 Å². The first-order valence-electron chi connectivity index (χ1n) is 13.7. The number of hydrogen-bond acceptors (Lipinski definition) is 3. The van der Waals surface area contributed by atoms with E-state index in [2.05, 4.69) is 86.2 Å². The largest absolute Gasteiger partial charge is 0.494 e. The molecule has 1 heterocycles. The molecule has 0 N–H and O–H groups in total. The van der Waals surface area contributed by atoms with Crippen LogP contribution < -0.4 is 4.74 Å². The molecule has 0 fully saturated rings. The predicted octanol–water partition coefficient (Wildman–Crippen LogP) is 9.16. The van der Waals surface area contributed by atoms with Crippen molar-refractivity contribution in [3.8, 4) is 28.3 Å². The molecule has 0 aliphatic rings. The van der Waals surface area contributed by atoms with Crippen molar-refractivity contribution in [3.05, 3.63) is 66.5 Å². The molecule has 1 aromatic heterocycles. The lowest BCUT2D eigenvalue weighted by Gasteiger charge is -2.12. The highest BCUT2D eigenvalue weighted by Gasteiger charge is 2.08. The number of benzene rings is 2. The standard InChI is InChI=1S/C32H44N2O/c1-5-6-7-8-9-21-35-31-19-17-29(18-20-31)28-13-15-30(16-14-28)32-33-23-27(24-34-32)22-26(4)12-10-11-25(2)3/h13-20,23-26H,5-12,21-22H2,1-4H3. The van der Waals surface area contributed by atoms with Gasteiger partial charge in [-0.2, -0.15) is 0 Å². The number of aromatic nitrogens is 2. The first-order valence-corrected chi connectivity index (χ1v) is 13.7. The van der Waals surface area contributed by atoms with Gasteiger partial charge in [-0.1, -0.05) is 109 Å². The van der Waals surface area contributed by atoms with E-state index < -0.39 is 0 Å². The fourth-order valence-electron chi connectivity index (χ4n) is 4.44. The fourth-order valence-corrected chi connectivity index (χ4v) is 4.44. The summed E-state index contributed by atoms with van der Waals surface area (Å²) in [4.78, 5) is 9.30. The van der Waals surface area contributed by atoms with Crippen molar-refractivity contribution in [3.63, 3.8) is 0 Å². The summed E-state index contributed by atoms with van der Waals surface area (Å²) in [5, 5.41) is 0. The SMILES string of the molecule is CCCCCCCOc1ccc(-c2ccc(-c3ncc(CC(C)CCCC(C)C)cn3)cc2)cc1. The van der Waals surface area contributed by atoms with Gasteiger partial charge in [-0.15, -0.1) is 0 Å². The van der Waals surface area contributed by atoms with Crippen molar-refractivity contribution in [2.24, 2.45) is 11.8 Å². The predicted molar refractivity (Wildman–Crippen MR) is 149 cm³/mol. The molecule has 0 aliphatic carbocycles. The highest BCUT2D eigenvalue weighted by atomic mass is 16.5. The quantitative estimate of drug-likeness (QED) is 0.207. The van der Waals surface area contributed by atoms with E-state index in [1.165, 1.54) is 61.6 Å². The monoisotopic (exact) mass is 472 g/mol. The minimum absolute atomic E-state index is 0.671. The van der Waals surface area contributed by atoms with Crippen LogP contribution in [0.15, 0.2) is 60.9 Å². The molecule has 3 rings (SSSR count). The van der Waals surface area contributed by atoms with Crippen LogP contribution in [-0.4, -0.2) is 16.6 Å². The third-order valence-electron chi connectivity index (χ3n) is 6.62. The van der Waals surface area contributed by atoms with Gasteiger partial charge < -0.3 is 4.74 Å². The van der Waals surface area contributed by atoms with E-state index in [9.17, 15) is 0 Å². The summed E-state index contributed by atoms with van der Waals surface area (Å²) in [5.74, 6) is 3.20. The van der Waals surface area contributed by atoms with Gasteiger partial charge >= 0.3 is 0 Å². The zero-order valence-corrected chi connectivity index (χ0v) is 22.3. The minimum Gasteiger partial charge on any atom is -0.494 e. The van der Waals surface area contributed by atoms with Gasteiger partial charge in [-0.05, 0) is 53.5 Å². The first kappa shape index (κ1) is 26.9. The number of unbranched alkanes of at least 4 members (excludes halogenated alkanes) is 4. The van der Waals surface area contributed by atoms with Crippen LogP contribution in [0.4, 0.5) is 0 Å².